The van der Waals surface area contributed by atoms with Gasteiger partial charge in [-0.2, -0.15) is 0 Å². The maximum absolute atomic E-state index is 3.58. The Morgan fingerprint density at radius 1 is 1.33 bits per heavy atom. The van der Waals surface area contributed by atoms with E-state index in [4.69, 9.17) is 0 Å². The lowest BCUT2D eigenvalue weighted by molar-refractivity contribution is 0.223. The van der Waals surface area contributed by atoms with Crippen molar-refractivity contribution in [1.29, 1.82) is 0 Å². The summed E-state index contributed by atoms with van der Waals surface area (Å²) in [4.78, 5) is 2.35. The summed E-state index contributed by atoms with van der Waals surface area (Å²) in [6.07, 6.45) is 3.90. The molecule has 18 heavy (non-hydrogen) atoms. The van der Waals surface area contributed by atoms with Crippen molar-refractivity contribution in [1.82, 2.24) is 10.2 Å². The molecule has 0 amide bonds. The predicted octanol–water partition coefficient (Wildman–Crippen LogP) is 3.44. The molecule has 1 aromatic rings. The molecule has 100 valence electrons. The van der Waals surface area contributed by atoms with Crippen LogP contribution in [0.25, 0.3) is 0 Å². The van der Waals surface area contributed by atoms with E-state index in [9.17, 15) is 0 Å². The van der Waals surface area contributed by atoms with Crippen LogP contribution in [-0.4, -0.2) is 32.1 Å². The van der Waals surface area contributed by atoms with Crippen molar-refractivity contribution in [2.24, 2.45) is 5.92 Å². The minimum absolute atomic E-state index is 0.533. The molecule has 1 heterocycles. The smallest absolute Gasteiger partial charge is 0.0345 e. The highest BCUT2D eigenvalue weighted by Crippen LogP contribution is 2.30. The largest absolute Gasteiger partial charge is 0.317 e. The molecule has 1 fully saturated rings. The van der Waals surface area contributed by atoms with Crippen LogP contribution in [0, 0.1) is 5.92 Å². The lowest BCUT2D eigenvalue weighted by Crippen LogP contribution is -2.31. The van der Waals surface area contributed by atoms with E-state index < -0.39 is 0 Å². The molecule has 1 N–H and O–H groups in total. The first-order valence-corrected chi connectivity index (χ1v) is 7.58. The van der Waals surface area contributed by atoms with E-state index in [0.717, 1.165) is 5.92 Å². The van der Waals surface area contributed by atoms with Gasteiger partial charge in [0.2, 0.25) is 0 Å². The van der Waals surface area contributed by atoms with Gasteiger partial charge in [-0.1, -0.05) is 28.1 Å². The summed E-state index contributed by atoms with van der Waals surface area (Å²) in [5, 5.41) is 3.44. The minimum Gasteiger partial charge on any atom is -0.317 e. The zero-order valence-electron chi connectivity index (χ0n) is 11.3. The van der Waals surface area contributed by atoms with Crippen LogP contribution in [0.1, 0.15) is 30.9 Å². The fraction of sp³-hybridized carbons (Fsp3) is 0.600. The third-order valence-corrected chi connectivity index (χ3v) is 4.37. The second-order valence-corrected chi connectivity index (χ2v) is 6.38. The van der Waals surface area contributed by atoms with E-state index in [1.807, 2.05) is 0 Å². The van der Waals surface area contributed by atoms with Crippen molar-refractivity contribution in [3.63, 3.8) is 0 Å². The van der Waals surface area contributed by atoms with Crippen molar-refractivity contribution < 1.29 is 0 Å². The third-order valence-electron chi connectivity index (χ3n) is 3.87. The van der Waals surface area contributed by atoms with Gasteiger partial charge in [0.05, 0.1) is 0 Å². The van der Waals surface area contributed by atoms with E-state index >= 15 is 0 Å². The molecule has 1 aliphatic rings. The monoisotopic (exact) mass is 310 g/mol. The van der Waals surface area contributed by atoms with Crippen LogP contribution in [0.15, 0.2) is 28.7 Å². The molecule has 1 aliphatic heterocycles. The van der Waals surface area contributed by atoms with Crippen LogP contribution in [-0.2, 0) is 0 Å². The highest BCUT2D eigenvalue weighted by atomic mass is 79.9. The highest BCUT2D eigenvalue weighted by Gasteiger charge is 2.21. The van der Waals surface area contributed by atoms with E-state index in [1.165, 1.54) is 42.4 Å². The lowest BCUT2D eigenvalue weighted by Gasteiger charge is -2.31. The molecule has 3 heteroatoms. The number of rotatable bonds is 4. The minimum atomic E-state index is 0.533. The van der Waals surface area contributed by atoms with Gasteiger partial charge in [0.15, 0.2) is 0 Å². The van der Waals surface area contributed by atoms with Gasteiger partial charge in [-0.3, -0.25) is 0 Å². The molecular formula is C15H23BrN2. The second kappa shape index (κ2) is 6.69. The van der Waals surface area contributed by atoms with E-state index in [2.05, 4.69) is 64.5 Å². The number of benzene rings is 1. The molecule has 1 atom stereocenters. The average Bonchev–Trinajstić information content (AvgIpc) is 2.37. The Morgan fingerprint density at radius 2 is 2.06 bits per heavy atom. The molecule has 0 spiro atoms. The molecule has 0 radical (unpaired) electrons. The Kier molecular flexibility index (Phi) is 5.22. The number of piperidine rings is 1. The maximum Gasteiger partial charge on any atom is 0.0345 e. The van der Waals surface area contributed by atoms with Crippen LogP contribution in [0.3, 0.4) is 0 Å². The first-order chi connectivity index (χ1) is 8.66. The van der Waals surface area contributed by atoms with E-state index in [1.54, 1.807) is 0 Å². The van der Waals surface area contributed by atoms with Gasteiger partial charge < -0.3 is 10.2 Å². The molecule has 0 bridgehead atoms. The Balaban J connectivity index is 2.07. The summed E-state index contributed by atoms with van der Waals surface area (Å²) in [7, 11) is 4.37. The van der Waals surface area contributed by atoms with Crippen LogP contribution in [0.5, 0.6) is 0 Å². The summed E-state index contributed by atoms with van der Waals surface area (Å²) in [5.74, 6) is 0.859. The molecule has 2 nitrogen and oxygen atoms in total. The van der Waals surface area contributed by atoms with E-state index in [-0.39, 0.29) is 0 Å². The van der Waals surface area contributed by atoms with Crippen molar-refractivity contribution in [3.8, 4) is 0 Å². The zero-order chi connectivity index (χ0) is 13.0. The summed E-state index contributed by atoms with van der Waals surface area (Å²) < 4.78 is 1.18. The zero-order valence-corrected chi connectivity index (χ0v) is 12.9. The molecular weight excluding hydrogens is 288 g/mol. The van der Waals surface area contributed by atoms with Gasteiger partial charge in [0.25, 0.3) is 0 Å². The van der Waals surface area contributed by atoms with Gasteiger partial charge in [-0.25, -0.2) is 0 Å². The third kappa shape index (κ3) is 3.81. The fourth-order valence-electron chi connectivity index (χ4n) is 2.79. The Morgan fingerprint density at radius 3 is 2.67 bits per heavy atom. The molecule has 1 aromatic carbocycles. The topological polar surface area (TPSA) is 15.3 Å². The summed E-state index contributed by atoms with van der Waals surface area (Å²) in [6.45, 7) is 2.37. The first kappa shape index (κ1) is 14.0. The van der Waals surface area contributed by atoms with Crippen molar-refractivity contribution in [2.45, 2.75) is 25.3 Å². The molecule has 0 saturated carbocycles. The van der Waals surface area contributed by atoms with Crippen molar-refractivity contribution in [3.05, 3.63) is 34.3 Å². The highest BCUT2D eigenvalue weighted by molar-refractivity contribution is 9.10. The summed E-state index contributed by atoms with van der Waals surface area (Å²) in [5.41, 5.74) is 1.42. The van der Waals surface area contributed by atoms with Crippen LogP contribution >= 0.6 is 15.9 Å². The first-order valence-electron chi connectivity index (χ1n) is 6.79. The Bertz CT molecular complexity index is 373. The average molecular weight is 311 g/mol. The van der Waals surface area contributed by atoms with Crippen LogP contribution in [0.4, 0.5) is 0 Å². The molecule has 1 unspecified atom stereocenters. The molecule has 2 rings (SSSR count). The molecule has 0 aromatic heterocycles. The van der Waals surface area contributed by atoms with Crippen LogP contribution in [0.2, 0.25) is 0 Å². The summed E-state index contributed by atoms with van der Waals surface area (Å²) >= 11 is 3.58. The van der Waals surface area contributed by atoms with Crippen molar-refractivity contribution in [2.75, 3.05) is 27.2 Å². The Hall–Kier alpha value is -0.380. The fourth-order valence-corrected chi connectivity index (χ4v) is 3.21. The van der Waals surface area contributed by atoms with Gasteiger partial charge in [-0.15, -0.1) is 0 Å². The quantitative estimate of drug-likeness (QED) is 0.916. The lowest BCUT2D eigenvalue weighted by atomic mass is 9.88. The number of halogens is 1. The van der Waals surface area contributed by atoms with E-state index in [0.29, 0.717) is 6.04 Å². The summed E-state index contributed by atoms with van der Waals surface area (Å²) in [6, 6.07) is 9.27. The SMILES string of the molecule is CN(C)C(CC1CCNCC1)c1cccc(Br)c1. The molecule has 1 saturated heterocycles. The normalized spacial score (nSPS) is 19.1. The van der Waals surface area contributed by atoms with Gasteiger partial charge in [0, 0.05) is 10.5 Å². The number of nitrogens with one attached hydrogen (secondary N) is 1. The van der Waals surface area contributed by atoms with Crippen molar-refractivity contribution >= 4 is 15.9 Å². The van der Waals surface area contributed by atoms with Gasteiger partial charge >= 0.3 is 0 Å². The number of hydrogen-bond donors (Lipinski definition) is 1. The van der Waals surface area contributed by atoms with Gasteiger partial charge in [-0.05, 0) is 70.1 Å². The maximum atomic E-state index is 3.58. The predicted molar refractivity (Wildman–Crippen MR) is 80.8 cm³/mol. The standard InChI is InChI=1S/C15H23BrN2/c1-18(2)15(10-12-6-8-17-9-7-12)13-4-3-5-14(16)11-13/h3-5,11-12,15,17H,6-10H2,1-2H3. The van der Waals surface area contributed by atoms with Gasteiger partial charge in [0.1, 0.15) is 0 Å². The molecule has 0 aliphatic carbocycles. The number of nitrogens with zero attached hydrogens (tertiary/aromatic N) is 1. The Labute approximate surface area is 119 Å². The van der Waals surface area contributed by atoms with Crippen LogP contribution < -0.4 is 5.32 Å². The number of hydrogen-bond acceptors (Lipinski definition) is 2. The second-order valence-electron chi connectivity index (χ2n) is 5.46.